The van der Waals surface area contributed by atoms with E-state index in [-0.39, 0.29) is 18.7 Å². The quantitative estimate of drug-likeness (QED) is 0.426. The van der Waals surface area contributed by atoms with E-state index in [1.807, 2.05) is 12.1 Å². The number of aliphatic hydroxyl groups is 1. The SMILES string of the molecule is O=S(=O)(N[C@@H]1c2cccc3cccc(c23)[C@@H]1[NH+]1CC[NH+](CCO)CC1)c1ccccc1. The molecule has 2 aliphatic rings. The smallest absolute Gasteiger partial charge is 0.241 e. The van der Waals surface area contributed by atoms with Gasteiger partial charge in [-0.2, -0.15) is 4.72 Å². The normalized spacial score (nSPS) is 25.7. The Hall–Kier alpha value is -2.29. The molecule has 0 spiro atoms. The monoisotopic (exact) mass is 439 g/mol. The van der Waals surface area contributed by atoms with Gasteiger partial charge in [0.2, 0.25) is 10.0 Å². The van der Waals surface area contributed by atoms with Crippen molar-refractivity contribution < 1.29 is 23.3 Å². The number of rotatable bonds is 6. The number of sulfonamides is 1. The van der Waals surface area contributed by atoms with Gasteiger partial charge in [0.15, 0.2) is 0 Å². The van der Waals surface area contributed by atoms with Crippen LogP contribution < -0.4 is 14.5 Å². The predicted molar refractivity (Wildman–Crippen MR) is 120 cm³/mol. The van der Waals surface area contributed by atoms with Gasteiger partial charge in [0.25, 0.3) is 0 Å². The van der Waals surface area contributed by atoms with Crippen LogP contribution in [0, 0.1) is 0 Å². The molecule has 7 heteroatoms. The number of aliphatic hydroxyl groups excluding tert-OH is 1. The van der Waals surface area contributed by atoms with E-state index in [0.29, 0.717) is 4.90 Å². The lowest BCUT2D eigenvalue weighted by atomic mass is 10.0. The molecule has 0 radical (unpaired) electrons. The third-order valence-electron chi connectivity index (χ3n) is 6.81. The molecule has 2 atom stereocenters. The molecule has 162 valence electrons. The average Bonchev–Trinajstić information content (AvgIpc) is 3.10. The van der Waals surface area contributed by atoms with Gasteiger partial charge >= 0.3 is 0 Å². The maximum atomic E-state index is 13.3. The first kappa shape index (κ1) is 20.6. The number of nitrogens with one attached hydrogen (secondary N) is 3. The van der Waals surface area contributed by atoms with Crippen molar-refractivity contribution in [3.05, 3.63) is 77.9 Å². The molecule has 1 aliphatic carbocycles. The van der Waals surface area contributed by atoms with Gasteiger partial charge in [0.1, 0.15) is 44.8 Å². The minimum atomic E-state index is -3.65. The Kier molecular flexibility index (Phi) is 5.54. The second-order valence-corrected chi connectivity index (χ2v) is 10.3. The molecule has 0 saturated carbocycles. The van der Waals surface area contributed by atoms with Crippen molar-refractivity contribution in [3.63, 3.8) is 0 Å². The van der Waals surface area contributed by atoms with Crippen LogP contribution in [0.2, 0.25) is 0 Å². The summed E-state index contributed by atoms with van der Waals surface area (Å²) in [5.41, 5.74) is 2.30. The van der Waals surface area contributed by atoms with E-state index in [2.05, 4.69) is 35.1 Å². The highest BCUT2D eigenvalue weighted by Crippen LogP contribution is 2.43. The summed E-state index contributed by atoms with van der Waals surface area (Å²) in [4.78, 5) is 3.12. The molecule has 0 bridgehead atoms. The first-order chi connectivity index (χ1) is 15.1. The third kappa shape index (κ3) is 3.77. The van der Waals surface area contributed by atoms with E-state index in [9.17, 15) is 13.5 Å². The third-order valence-corrected chi connectivity index (χ3v) is 8.27. The summed E-state index contributed by atoms with van der Waals surface area (Å²) in [7, 11) is -3.65. The van der Waals surface area contributed by atoms with Crippen LogP contribution in [0.25, 0.3) is 10.8 Å². The zero-order chi connectivity index (χ0) is 21.4. The fourth-order valence-corrected chi connectivity index (χ4v) is 6.59. The van der Waals surface area contributed by atoms with Gasteiger partial charge < -0.3 is 14.9 Å². The van der Waals surface area contributed by atoms with Gasteiger partial charge in [-0.25, -0.2) is 8.42 Å². The van der Waals surface area contributed by atoms with Crippen molar-refractivity contribution in [3.8, 4) is 0 Å². The second-order valence-electron chi connectivity index (χ2n) is 8.56. The van der Waals surface area contributed by atoms with Crippen molar-refractivity contribution in [2.45, 2.75) is 17.0 Å². The van der Waals surface area contributed by atoms with Crippen LogP contribution in [0.15, 0.2) is 71.6 Å². The highest BCUT2D eigenvalue weighted by molar-refractivity contribution is 7.89. The molecule has 31 heavy (non-hydrogen) atoms. The van der Waals surface area contributed by atoms with Crippen LogP contribution in [0.3, 0.4) is 0 Å². The number of benzene rings is 3. The minimum absolute atomic E-state index is 0.0373. The van der Waals surface area contributed by atoms with Crippen LogP contribution >= 0.6 is 0 Å². The maximum absolute atomic E-state index is 13.3. The molecular formula is C24H29N3O3S+2. The molecule has 0 aromatic heterocycles. The molecule has 1 fully saturated rings. The lowest BCUT2D eigenvalue weighted by Gasteiger charge is -2.36. The van der Waals surface area contributed by atoms with Crippen LogP contribution in [0.5, 0.6) is 0 Å². The molecule has 6 nitrogen and oxygen atoms in total. The molecule has 0 unspecified atom stereocenters. The number of piperazine rings is 1. The van der Waals surface area contributed by atoms with Crippen molar-refractivity contribution in [1.29, 1.82) is 0 Å². The summed E-state index contributed by atoms with van der Waals surface area (Å²) in [6, 6.07) is 20.9. The standard InChI is InChI=1S/C24H27N3O3S/c28-17-16-26-12-14-27(15-13-26)24-21-11-5-7-18-6-4-10-20(22(18)21)23(24)25-31(29,30)19-8-2-1-3-9-19/h1-11,23-25,28H,12-17H2/p+2/t23-,24+/m1/s1. The first-order valence-electron chi connectivity index (χ1n) is 11.0. The molecular weight excluding hydrogens is 410 g/mol. The van der Waals surface area contributed by atoms with Crippen LogP contribution in [-0.4, -0.2) is 52.9 Å². The lowest BCUT2D eigenvalue weighted by Crippen LogP contribution is -3.28. The van der Waals surface area contributed by atoms with E-state index < -0.39 is 10.0 Å². The lowest BCUT2D eigenvalue weighted by molar-refractivity contribution is -1.03. The summed E-state index contributed by atoms with van der Waals surface area (Å²) in [5, 5.41) is 11.6. The molecule has 4 N–H and O–H groups in total. The van der Waals surface area contributed by atoms with Gasteiger partial charge in [-0.15, -0.1) is 0 Å². The molecule has 0 amide bonds. The van der Waals surface area contributed by atoms with Crippen molar-refractivity contribution in [2.75, 3.05) is 39.3 Å². The summed E-state index contributed by atoms with van der Waals surface area (Å²) >= 11 is 0. The minimum Gasteiger partial charge on any atom is -0.391 e. The molecule has 3 aromatic rings. The number of hydrogen-bond donors (Lipinski definition) is 4. The Bertz CT molecular complexity index is 1170. The summed E-state index contributed by atoms with van der Waals surface area (Å²) in [6.07, 6.45) is 0. The van der Waals surface area contributed by atoms with Crippen molar-refractivity contribution >= 4 is 20.8 Å². The Morgan fingerprint density at radius 2 is 1.55 bits per heavy atom. The van der Waals surface area contributed by atoms with Gasteiger partial charge in [-0.3, -0.25) is 0 Å². The number of quaternary nitrogens is 2. The van der Waals surface area contributed by atoms with E-state index in [4.69, 9.17) is 0 Å². The van der Waals surface area contributed by atoms with E-state index in [1.54, 1.807) is 24.3 Å². The van der Waals surface area contributed by atoms with E-state index >= 15 is 0 Å². The Labute approximate surface area is 183 Å². The highest BCUT2D eigenvalue weighted by atomic mass is 32.2. The summed E-state index contributed by atoms with van der Waals surface area (Å²) < 4.78 is 29.6. The molecule has 1 heterocycles. The number of hydrogen-bond acceptors (Lipinski definition) is 3. The van der Waals surface area contributed by atoms with Gasteiger partial charge in [-0.1, -0.05) is 54.6 Å². The van der Waals surface area contributed by atoms with E-state index in [1.165, 1.54) is 20.7 Å². The first-order valence-corrected chi connectivity index (χ1v) is 12.4. The molecule has 1 aliphatic heterocycles. The Morgan fingerprint density at radius 3 is 2.23 bits per heavy atom. The van der Waals surface area contributed by atoms with E-state index in [0.717, 1.165) is 43.7 Å². The fraction of sp³-hybridized carbons (Fsp3) is 0.333. The van der Waals surface area contributed by atoms with Gasteiger partial charge in [0.05, 0.1) is 11.5 Å². The molecule has 1 saturated heterocycles. The highest BCUT2D eigenvalue weighted by Gasteiger charge is 2.44. The van der Waals surface area contributed by atoms with Crippen LogP contribution in [0.1, 0.15) is 23.2 Å². The molecule has 3 aromatic carbocycles. The summed E-state index contributed by atoms with van der Waals surface area (Å²) in [6.45, 7) is 4.85. The zero-order valence-corrected chi connectivity index (χ0v) is 18.2. The zero-order valence-electron chi connectivity index (χ0n) is 17.4. The summed E-state index contributed by atoms with van der Waals surface area (Å²) in [5.74, 6) is 0. The van der Waals surface area contributed by atoms with Gasteiger partial charge in [0, 0.05) is 5.56 Å². The van der Waals surface area contributed by atoms with Crippen LogP contribution in [0.4, 0.5) is 0 Å². The van der Waals surface area contributed by atoms with Crippen LogP contribution in [-0.2, 0) is 10.0 Å². The molecule has 5 rings (SSSR count). The van der Waals surface area contributed by atoms with Crippen molar-refractivity contribution in [2.24, 2.45) is 0 Å². The largest absolute Gasteiger partial charge is 0.391 e. The van der Waals surface area contributed by atoms with Gasteiger partial charge in [-0.05, 0) is 28.5 Å². The Balaban J connectivity index is 1.53. The van der Waals surface area contributed by atoms with Crippen molar-refractivity contribution in [1.82, 2.24) is 4.72 Å². The predicted octanol–water partition coefficient (Wildman–Crippen LogP) is -0.310. The Morgan fingerprint density at radius 1 is 0.871 bits per heavy atom. The topological polar surface area (TPSA) is 75.3 Å². The maximum Gasteiger partial charge on any atom is 0.241 e. The fourth-order valence-electron chi connectivity index (χ4n) is 5.34. The second kappa shape index (κ2) is 8.33. The average molecular weight is 440 g/mol.